The molecule has 4 N–H and O–H groups in total. The molecule has 1 amide bonds. The summed E-state index contributed by atoms with van der Waals surface area (Å²) < 4.78 is 29.3. The molecule has 0 aliphatic carbocycles. The van der Waals surface area contributed by atoms with Gasteiger partial charge in [-0.15, -0.1) is 0 Å². The smallest absolute Gasteiger partial charge is 0.340 e. The second kappa shape index (κ2) is 15.5. The summed E-state index contributed by atoms with van der Waals surface area (Å²) in [7, 11) is 1.03. The second-order valence-electron chi connectivity index (χ2n) is 10.3. The number of aromatic nitrogens is 2. The molecule has 2 atom stereocenters. The van der Waals surface area contributed by atoms with Gasteiger partial charge in [-0.2, -0.15) is 0 Å². The predicted molar refractivity (Wildman–Crippen MR) is 161 cm³/mol. The number of pyridine rings is 1. The van der Waals surface area contributed by atoms with Gasteiger partial charge in [-0.1, -0.05) is 29.8 Å². The van der Waals surface area contributed by atoms with E-state index >= 15 is 0 Å². The summed E-state index contributed by atoms with van der Waals surface area (Å²) in [5.41, 5.74) is 2.92. The first-order valence-electron chi connectivity index (χ1n) is 14.1. The number of Topliss-reactive ketones (excluding diaryl/α,β-unsaturated/α-hetero) is 1. The topological polar surface area (TPSA) is 177 Å². The minimum Gasteiger partial charge on any atom is -0.467 e. The first-order chi connectivity index (χ1) is 22.1. The van der Waals surface area contributed by atoms with Gasteiger partial charge in [-0.25, -0.2) is 14.0 Å². The van der Waals surface area contributed by atoms with Gasteiger partial charge in [-0.05, 0) is 48.4 Å². The molecule has 2 heterocycles. The number of halogens is 1. The molecule has 0 saturated carbocycles. The molecule has 0 aliphatic heterocycles. The lowest BCUT2D eigenvalue weighted by molar-refractivity contribution is -0.158. The number of hydrogen-bond acceptors (Lipinski definition) is 10. The highest BCUT2D eigenvalue weighted by Crippen LogP contribution is 2.26. The van der Waals surface area contributed by atoms with Crippen molar-refractivity contribution in [1.29, 1.82) is 0 Å². The summed E-state index contributed by atoms with van der Waals surface area (Å²) in [6.07, 6.45) is 1.65. The number of aromatic amines is 1. The average molecular weight is 634 g/mol. The molecule has 12 nitrogen and oxygen atoms in total. The van der Waals surface area contributed by atoms with Gasteiger partial charge in [0.2, 0.25) is 6.04 Å². The van der Waals surface area contributed by atoms with Gasteiger partial charge in [0.15, 0.2) is 0 Å². The number of aliphatic hydroxyl groups is 2. The molecular weight excluding hydrogens is 601 g/mol. The van der Waals surface area contributed by atoms with E-state index in [-0.39, 0.29) is 24.2 Å². The van der Waals surface area contributed by atoms with Gasteiger partial charge in [-0.3, -0.25) is 14.6 Å². The fraction of sp³-hybridized carbons (Fsp3) is 0.242. The van der Waals surface area contributed by atoms with Crippen LogP contribution in [0.1, 0.15) is 27.0 Å². The quantitative estimate of drug-likeness (QED) is 0.119. The van der Waals surface area contributed by atoms with Crippen molar-refractivity contribution in [1.82, 2.24) is 15.3 Å². The number of methoxy groups -OCH3 is 1. The Morgan fingerprint density at radius 3 is 2.46 bits per heavy atom. The first kappa shape index (κ1) is 33.5. The molecule has 4 rings (SSSR count). The summed E-state index contributed by atoms with van der Waals surface area (Å²) in [5.74, 6) is -2.65. The number of ketones is 1. The number of rotatable bonds is 14. The van der Waals surface area contributed by atoms with Crippen molar-refractivity contribution in [3.05, 3.63) is 101 Å². The molecule has 0 fully saturated rings. The number of carbonyl (C=O) groups excluding carboxylic acids is 4. The number of benzene rings is 2. The lowest BCUT2D eigenvalue weighted by atomic mass is 10.0. The van der Waals surface area contributed by atoms with Crippen molar-refractivity contribution in [2.75, 3.05) is 20.3 Å². The van der Waals surface area contributed by atoms with Crippen molar-refractivity contribution < 1.29 is 48.0 Å². The number of carbonyl (C=O) groups is 4. The molecule has 0 saturated heterocycles. The van der Waals surface area contributed by atoms with Crippen LogP contribution in [-0.2, 0) is 36.7 Å². The van der Waals surface area contributed by atoms with E-state index < -0.39 is 49.0 Å². The van der Waals surface area contributed by atoms with Crippen molar-refractivity contribution >= 4 is 23.6 Å². The number of hydrogen-bond donors (Lipinski definition) is 4. The monoisotopic (exact) mass is 633 g/mol. The SMILES string of the molecule is COC(=O)[C@@H](NC(=O)c1c[nH]c(-c2cc(Oc3ccc(CC(=O)Cc4cc(C)ccc4F)cc3)ccn2)c1)C(=O)OCC(O)CO. The standard InChI is InChI=1S/C33H32FN3O9/c1-19-3-8-27(34)21(11-19)13-23(39)12-20-4-6-25(7-5-20)46-26-9-10-35-29(15-26)28-14-22(16-36-28)31(41)37-30(32(42)44-2)33(43)45-18-24(40)17-38/h3-11,14-16,24,30,36,38,40H,12-13,17-18H2,1-2H3,(H,37,41)/t24?,30-/m1/s1. The van der Waals surface area contributed by atoms with E-state index in [0.29, 0.717) is 28.5 Å². The Bertz CT molecular complexity index is 1700. The third-order valence-electron chi connectivity index (χ3n) is 6.68. The van der Waals surface area contributed by atoms with Crippen LogP contribution in [0.3, 0.4) is 0 Å². The highest BCUT2D eigenvalue weighted by atomic mass is 19.1. The number of H-pyrrole nitrogens is 1. The molecule has 0 spiro atoms. The summed E-state index contributed by atoms with van der Waals surface area (Å²) in [5, 5.41) is 20.5. The summed E-state index contributed by atoms with van der Waals surface area (Å²) >= 11 is 0. The maximum atomic E-state index is 14.0. The Labute approximate surface area is 263 Å². The van der Waals surface area contributed by atoms with Crippen LogP contribution in [0.5, 0.6) is 11.5 Å². The fourth-order valence-electron chi connectivity index (χ4n) is 4.31. The highest BCUT2D eigenvalue weighted by Gasteiger charge is 2.32. The van der Waals surface area contributed by atoms with Crippen molar-refractivity contribution in [2.24, 2.45) is 0 Å². The molecule has 2 aromatic heterocycles. The van der Waals surface area contributed by atoms with E-state index in [1.807, 2.05) is 6.92 Å². The van der Waals surface area contributed by atoms with E-state index in [2.05, 4.69) is 20.0 Å². The largest absolute Gasteiger partial charge is 0.467 e. The van der Waals surface area contributed by atoms with Crippen LogP contribution in [0.2, 0.25) is 0 Å². The molecular formula is C33H32FN3O9. The maximum absolute atomic E-state index is 14.0. The van der Waals surface area contributed by atoms with E-state index in [1.165, 1.54) is 24.5 Å². The van der Waals surface area contributed by atoms with Gasteiger partial charge in [0, 0.05) is 31.3 Å². The highest BCUT2D eigenvalue weighted by molar-refractivity contribution is 6.06. The second-order valence-corrected chi connectivity index (χ2v) is 10.3. The fourth-order valence-corrected chi connectivity index (χ4v) is 4.31. The molecule has 0 radical (unpaired) electrons. The minimum absolute atomic E-state index is 0.00249. The molecule has 0 bridgehead atoms. The first-order valence-corrected chi connectivity index (χ1v) is 14.1. The molecule has 1 unspecified atom stereocenters. The van der Waals surface area contributed by atoms with Crippen LogP contribution in [-0.4, -0.2) is 76.3 Å². The molecule has 46 heavy (non-hydrogen) atoms. The van der Waals surface area contributed by atoms with Crippen molar-refractivity contribution in [3.8, 4) is 22.9 Å². The predicted octanol–water partition coefficient (Wildman–Crippen LogP) is 2.84. The van der Waals surface area contributed by atoms with Gasteiger partial charge in [0.25, 0.3) is 5.91 Å². The van der Waals surface area contributed by atoms with Crippen molar-refractivity contribution in [2.45, 2.75) is 31.9 Å². The van der Waals surface area contributed by atoms with Crippen LogP contribution >= 0.6 is 0 Å². The molecule has 240 valence electrons. The van der Waals surface area contributed by atoms with Crippen LogP contribution in [0, 0.1) is 12.7 Å². The number of aryl methyl sites for hydroxylation is 1. The normalized spacial score (nSPS) is 12.1. The zero-order valence-electron chi connectivity index (χ0n) is 25.0. The number of nitrogens with one attached hydrogen (secondary N) is 2. The zero-order chi connectivity index (χ0) is 33.2. The van der Waals surface area contributed by atoms with Gasteiger partial charge in [0.05, 0.1) is 30.7 Å². The Morgan fingerprint density at radius 1 is 0.978 bits per heavy atom. The number of esters is 2. The Kier molecular flexibility index (Phi) is 11.3. The third-order valence-corrected chi connectivity index (χ3v) is 6.68. The molecule has 13 heteroatoms. The van der Waals surface area contributed by atoms with E-state index in [9.17, 15) is 28.7 Å². The lowest BCUT2D eigenvalue weighted by Crippen LogP contribution is -2.48. The third kappa shape index (κ3) is 9.06. The van der Waals surface area contributed by atoms with E-state index in [1.54, 1.807) is 48.5 Å². The van der Waals surface area contributed by atoms with E-state index in [0.717, 1.165) is 18.2 Å². The van der Waals surface area contributed by atoms with E-state index in [4.69, 9.17) is 14.6 Å². The maximum Gasteiger partial charge on any atom is 0.340 e. The van der Waals surface area contributed by atoms with Gasteiger partial charge < -0.3 is 34.7 Å². The van der Waals surface area contributed by atoms with Gasteiger partial charge in [0.1, 0.15) is 35.8 Å². The minimum atomic E-state index is -1.81. The Hall–Kier alpha value is -5.40. The molecule has 4 aromatic rings. The van der Waals surface area contributed by atoms with Crippen LogP contribution in [0.25, 0.3) is 11.4 Å². The van der Waals surface area contributed by atoms with Crippen molar-refractivity contribution in [3.63, 3.8) is 0 Å². The summed E-state index contributed by atoms with van der Waals surface area (Å²) in [4.78, 5) is 57.0. The van der Waals surface area contributed by atoms with Crippen LogP contribution in [0.15, 0.2) is 73.1 Å². The van der Waals surface area contributed by atoms with Crippen LogP contribution < -0.4 is 10.1 Å². The average Bonchev–Trinajstić information content (AvgIpc) is 3.55. The zero-order valence-corrected chi connectivity index (χ0v) is 25.0. The number of aliphatic hydroxyl groups excluding tert-OH is 2. The van der Waals surface area contributed by atoms with Gasteiger partial charge >= 0.3 is 11.9 Å². The molecule has 2 aromatic carbocycles. The molecule has 0 aliphatic rings. The summed E-state index contributed by atoms with van der Waals surface area (Å²) in [6.45, 7) is 0.593. The number of nitrogens with zero attached hydrogens (tertiary/aromatic N) is 1. The Balaban J connectivity index is 1.37. The van der Waals surface area contributed by atoms with Crippen LogP contribution in [0.4, 0.5) is 4.39 Å². The lowest BCUT2D eigenvalue weighted by Gasteiger charge is -2.16. The summed E-state index contributed by atoms with van der Waals surface area (Å²) in [6, 6.07) is 14.5. The number of amides is 1. The Morgan fingerprint density at radius 2 is 1.74 bits per heavy atom. The number of ether oxygens (including phenoxy) is 3.